The number of para-hydroxylation sites is 1. The molecule has 0 heterocycles. The summed E-state index contributed by atoms with van der Waals surface area (Å²) in [6.45, 7) is 1.42. The van der Waals surface area contributed by atoms with Gasteiger partial charge in [0.1, 0.15) is 19.3 Å². The van der Waals surface area contributed by atoms with Crippen LogP contribution in [-0.2, 0) is 9.53 Å². The van der Waals surface area contributed by atoms with Crippen LogP contribution in [0.3, 0.4) is 0 Å². The Morgan fingerprint density at radius 2 is 1.80 bits per heavy atom. The van der Waals surface area contributed by atoms with Crippen molar-refractivity contribution in [3.8, 4) is 5.75 Å². The number of ether oxygens (including phenoxy) is 2. The maximum atomic E-state index is 13.3. The van der Waals surface area contributed by atoms with Crippen LogP contribution in [-0.4, -0.2) is 31.1 Å². The van der Waals surface area contributed by atoms with Crippen molar-refractivity contribution in [3.05, 3.63) is 64.9 Å². The molecule has 1 atom stereocenters. The van der Waals surface area contributed by atoms with Crippen LogP contribution < -0.4 is 10.1 Å². The molecule has 7 heteroatoms. The van der Waals surface area contributed by atoms with Crippen LogP contribution in [0, 0.1) is 5.82 Å². The first-order chi connectivity index (χ1) is 12.0. The highest BCUT2D eigenvalue weighted by Gasteiger charge is 2.19. The number of carbonyl (C=O) groups is 2. The highest BCUT2D eigenvalue weighted by atomic mass is 35.5. The molecule has 1 unspecified atom stereocenters. The molecule has 0 aromatic heterocycles. The zero-order chi connectivity index (χ0) is 18.2. The van der Waals surface area contributed by atoms with E-state index in [-0.39, 0.29) is 24.5 Å². The molecule has 0 bridgehead atoms. The van der Waals surface area contributed by atoms with Crippen molar-refractivity contribution in [1.29, 1.82) is 0 Å². The van der Waals surface area contributed by atoms with Crippen LogP contribution in [0.2, 0.25) is 5.02 Å². The smallest absolute Gasteiger partial charge is 0.328 e. The van der Waals surface area contributed by atoms with Crippen LogP contribution in [0.4, 0.5) is 4.39 Å². The van der Waals surface area contributed by atoms with Gasteiger partial charge in [-0.3, -0.25) is 4.79 Å². The van der Waals surface area contributed by atoms with Crippen LogP contribution in [0.1, 0.15) is 17.3 Å². The van der Waals surface area contributed by atoms with Gasteiger partial charge in [-0.15, -0.1) is 0 Å². The summed E-state index contributed by atoms with van der Waals surface area (Å²) in [6.07, 6.45) is 0. The number of carbonyl (C=O) groups excluding carboxylic acids is 2. The van der Waals surface area contributed by atoms with E-state index >= 15 is 0 Å². The minimum absolute atomic E-state index is 0.00213. The Bertz CT molecular complexity index is 753. The molecule has 1 amide bonds. The van der Waals surface area contributed by atoms with Gasteiger partial charge < -0.3 is 14.8 Å². The highest BCUT2D eigenvalue weighted by molar-refractivity contribution is 6.33. The first kappa shape index (κ1) is 18.7. The average molecular weight is 366 g/mol. The molecule has 0 fully saturated rings. The van der Waals surface area contributed by atoms with Crippen molar-refractivity contribution in [2.45, 2.75) is 13.0 Å². The van der Waals surface area contributed by atoms with Gasteiger partial charge >= 0.3 is 5.97 Å². The van der Waals surface area contributed by atoms with E-state index in [9.17, 15) is 14.0 Å². The predicted molar refractivity (Wildman–Crippen MR) is 91.2 cm³/mol. The fourth-order valence-electron chi connectivity index (χ4n) is 1.96. The first-order valence-electron chi connectivity index (χ1n) is 7.58. The Morgan fingerprint density at radius 3 is 2.52 bits per heavy atom. The lowest BCUT2D eigenvalue weighted by Crippen LogP contribution is -2.40. The zero-order valence-corrected chi connectivity index (χ0v) is 14.3. The Morgan fingerprint density at radius 1 is 1.12 bits per heavy atom. The summed E-state index contributed by atoms with van der Waals surface area (Å²) in [5, 5.41) is 2.80. The molecule has 0 aliphatic heterocycles. The Labute approximate surface area is 149 Å². The largest absolute Gasteiger partial charge is 0.487 e. The second kappa shape index (κ2) is 9.03. The van der Waals surface area contributed by atoms with Gasteiger partial charge in [0.05, 0.1) is 10.6 Å². The molecule has 0 aliphatic rings. The predicted octanol–water partition coefficient (Wildman–Crippen LogP) is 3.22. The van der Waals surface area contributed by atoms with E-state index in [1.54, 1.807) is 36.4 Å². The van der Waals surface area contributed by atoms with Crippen LogP contribution in [0.25, 0.3) is 0 Å². The van der Waals surface area contributed by atoms with Gasteiger partial charge in [0.2, 0.25) is 0 Å². The molecule has 0 saturated carbocycles. The molecule has 2 aromatic rings. The number of rotatable bonds is 7. The van der Waals surface area contributed by atoms with E-state index in [4.69, 9.17) is 21.1 Å². The van der Waals surface area contributed by atoms with Crippen LogP contribution in [0.15, 0.2) is 48.5 Å². The summed E-state index contributed by atoms with van der Waals surface area (Å²) >= 11 is 5.93. The lowest BCUT2D eigenvalue weighted by atomic mass is 10.2. The van der Waals surface area contributed by atoms with Crippen LogP contribution in [0.5, 0.6) is 5.75 Å². The van der Waals surface area contributed by atoms with Crippen molar-refractivity contribution in [3.63, 3.8) is 0 Å². The fourth-order valence-corrected chi connectivity index (χ4v) is 2.18. The summed E-state index contributed by atoms with van der Waals surface area (Å²) < 4.78 is 23.5. The van der Waals surface area contributed by atoms with E-state index < -0.39 is 23.7 Å². The summed E-state index contributed by atoms with van der Waals surface area (Å²) in [7, 11) is 0. The van der Waals surface area contributed by atoms with Gasteiger partial charge in [-0.1, -0.05) is 35.9 Å². The van der Waals surface area contributed by atoms with Gasteiger partial charge in [-0.2, -0.15) is 0 Å². The molecule has 0 radical (unpaired) electrons. The van der Waals surface area contributed by atoms with Gasteiger partial charge in [0.15, 0.2) is 11.6 Å². The van der Waals surface area contributed by atoms with Gasteiger partial charge in [0, 0.05) is 0 Å². The SMILES string of the molecule is CC(NC(=O)c1ccccc1Cl)C(=O)OCCOc1ccccc1F. The fraction of sp³-hybridized carbons (Fsp3) is 0.222. The number of esters is 1. The maximum absolute atomic E-state index is 13.3. The number of hydrogen-bond donors (Lipinski definition) is 1. The summed E-state index contributed by atoms with van der Waals surface area (Å²) in [5.74, 6) is -1.51. The maximum Gasteiger partial charge on any atom is 0.328 e. The molecule has 1 N–H and O–H groups in total. The van der Waals surface area contributed by atoms with E-state index in [1.165, 1.54) is 19.1 Å². The third-order valence-corrected chi connectivity index (χ3v) is 3.57. The molecule has 25 heavy (non-hydrogen) atoms. The summed E-state index contributed by atoms with van der Waals surface area (Å²) in [5.41, 5.74) is 0.270. The van der Waals surface area contributed by atoms with E-state index in [2.05, 4.69) is 5.32 Å². The second-order valence-electron chi connectivity index (χ2n) is 5.12. The first-order valence-corrected chi connectivity index (χ1v) is 7.96. The standard InChI is InChI=1S/C18H17ClFNO4/c1-12(21-17(22)13-6-2-3-7-14(13)19)18(23)25-11-10-24-16-9-5-4-8-15(16)20/h2-9,12H,10-11H2,1H3,(H,21,22). The van der Waals surface area contributed by atoms with Gasteiger partial charge in [-0.05, 0) is 31.2 Å². The normalized spacial score (nSPS) is 11.5. The summed E-state index contributed by atoms with van der Waals surface area (Å²) in [4.78, 5) is 23.9. The Kier molecular flexibility index (Phi) is 6.77. The van der Waals surface area contributed by atoms with Crippen molar-refractivity contribution >= 4 is 23.5 Å². The molecule has 0 saturated heterocycles. The van der Waals surface area contributed by atoms with Crippen molar-refractivity contribution in [2.24, 2.45) is 0 Å². The van der Waals surface area contributed by atoms with Crippen molar-refractivity contribution < 1.29 is 23.5 Å². The Hall–Kier alpha value is -2.60. The van der Waals surface area contributed by atoms with Crippen LogP contribution >= 0.6 is 11.6 Å². The number of benzene rings is 2. The lowest BCUT2D eigenvalue weighted by molar-refractivity contribution is -0.146. The Balaban J connectivity index is 1.76. The third-order valence-electron chi connectivity index (χ3n) is 3.24. The monoisotopic (exact) mass is 365 g/mol. The molecule has 0 aliphatic carbocycles. The highest BCUT2D eigenvalue weighted by Crippen LogP contribution is 2.15. The third kappa shape index (κ3) is 5.46. The lowest BCUT2D eigenvalue weighted by Gasteiger charge is -2.14. The topological polar surface area (TPSA) is 64.6 Å². The molecule has 0 spiro atoms. The van der Waals surface area contributed by atoms with Crippen molar-refractivity contribution in [1.82, 2.24) is 5.32 Å². The number of hydrogen-bond acceptors (Lipinski definition) is 4. The minimum Gasteiger partial charge on any atom is -0.487 e. The van der Waals surface area contributed by atoms with E-state index in [0.717, 1.165) is 0 Å². The molecular weight excluding hydrogens is 349 g/mol. The van der Waals surface area contributed by atoms with Crippen molar-refractivity contribution in [2.75, 3.05) is 13.2 Å². The molecule has 2 rings (SSSR count). The van der Waals surface area contributed by atoms with E-state index in [0.29, 0.717) is 5.02 Å². The number of halogens is 2. The van der Waals surface area contributed by atoms with Gasteiger partial charge in [0.25, 0.3) is 5.91 Å². The molecule has 132 valence electrons. The van der Waals surface area contributed by atoms with E-state index in [1.807, 2.05) is 0 Å². The molecule has 5 nitrogen and oxygen atoms in total. The minimum atomic E-state index is -0.864. The second-order valence-corrected chi connectivity index (χ2v) is 5.53. The number of nitrogens with one attached hydrogen (secondary N) is 1. The molecule has 2 aromatic carbocycles. The zero-order valence-electron chi connectivity index (χ0n) is 13.5. The quantitative estimate of drug-likeness (QED) is 0.604. The molecular formula is C18H17ClFNO4. The van der Waals surface area contributed by atoms with Gasteiger partial charge in [-0.25, -0.2) is 9.18 Å². The summed E-state index contributed by atoms with van der Waals surface area (Å²) in [6, 6.07) is 11.6. The average Bonchev–Trinajstić information content (AvgIpc) is 2.60. The number of amides is 1.